The quantitative estimate of drug-likeness (QED) is 0.535. The van der Waals surface area contributed by atoms with Crippen LogP contribution in [0.5, 0.6) is 0 Å². The Morgan fingerprint density at radius 2 is 2.10 bits per heavy atom. The molecule has 10 heavy (non-hydrogen) atoms. The minimum absolute atomic E-state index is 0.0402. The molecule has 0 aromatic carbocycles. The van der Waals surface area contributed by atoms with Crippen LogP contribution in [0, 0.1) is 0 Å². The van der Waals surface area contributed by atoms with Crippen LogP contribution in [0.15, 0.2) is 0 Å². The van der Waals surface area contributed by atoms with Crippen molar-refractivity contribution in [3.05, 3.63) is 0 Å². The van der Waals surface area contributed by atoms with Crippen LogP contribution in [0.3, 0.4) is 0 Å². The van der Waals surface area contributed by atoms with Crippen LogP contribution < -0.4 is 11.1 Å². The fraction of sp³-hybridized carbons (Fsp3) is 1.00. The highest BCUT2D eigenvalue weighted by molar-refractivity contribution is 4.77. The SMILES string of the molecule is COCCNC(C)(C)CN. The van der Waals surface area contributed by atoms with E-state index in [9.17, 15) is 0 Å². The van der Waals surface area contributed by atoms with Crippen LogP contribution in [0.4, 0.5) is 0 Å². The Labute approximate surface area is 62.9 Å². The Morgan fingerprint density at radius 1 is 1.50 bits per heavy atom. The van der Waals surface area contributed by atoms with Crippen LogP contribution in [0.25, 0.3) is 0 Å². The zero-order chi connectivity index (χ0) is 8.04. The van der Waals surface area contributed by atoms with Crippen molar-refractivity contribution in [3.8, 4) is 0 Å². The Hall–Kier alpha value is -0.120. The zero-order valence-corrected chi connectivity index (χ0v) is 7.11. The molecule has 0 radical (unpaired) electrons. The predicted octanol–water partition coefficient (Wildman–Crippen LogP) is -0.0403. The van der Waals surface area contributed by atoms with E-state index in [1.54, 1.807) is 7.11 Å². The van der Waals surface area contributed by atoms with Crippen LogP contribution in [-0.4, -0.2) is 32.3 Å². The normalized spacial score (nSPS) is 12.0. The zero-order valence-electron chi connectivity index (χ0n) is 7.11. The molecule has 3 nitrogen and oxygen atoms in total. The summed E-state index contributed by atoms with van der Waals surface area (Å²) in [5.41, 5.74) is 5.53. The van der Waals surface area contributed by atoms with Gasteiger partial charge in [-0.1, -0.05) is 0 Å². The molecule has 0 bridgehead atoms. The second-order valence-electron chi connectivity index (χ2n) is 3.01. The van der Waals surface area contributed by atoms with Gasteiger partial charge in [-0.2, -0.15) is 0 Å². The number of hydrogen-bond acceptors (Lipinski definition) is 3. The first-order valence-corrected chi connectivity index (χ1v) is 3.56. The molecular weight excluding hydrogens is 128 g/mol. The molecular formula is C7H18N2O. The van der Waals surface area contributed by atoms with Crippen molar-refractivity contribution in [3.63, 3.8) is 0 Å². The third-order valence-corrected chi connectivity index (χ3v) is 1.42. The highest BCUT2D eigenvalue weighted by Crippen LogP contribution is 1.96. The summed E-state index contributed by atoms with van der Waals surface area (Å²) >= 11 is 0. The summed E-state index contributed by atoms with van der Waals surface area (Å²) in [6.45, 7) is 6.40. The van der Waals surface area contributed by atoms with Gasteiger partial charge in [-0.15, -0.1) is 0 Å². The highest BCUT2D eigenvalue weighted by Gasteiger charge is 2.12. The molecule has 0 aromatic heterocycles. The molecule has 3 N–H and O–H groups in total. The lowest BCUT2D eigenvalue weighted by Gasteiger charge is -2.23. The number of hydrogen-bond donors (Lipinski definition) is 2. The van der Waals surface area contributed by atoms with Gasteiger partial charge in [0.1, 0.15) is 0 Å². The molecule has 0 aliphatic carbocycles. The Kier molecular flexibility index (Phi) is 4.60. The molecule has 62 valence electrons. The number of nitrogens with two attached hydrogens (primary N) is 1. The van der Waals surface area contributed by atoms with E-state index in [1.165, 1.54) is 0 Å². The van der Waals surface area contributed by atoms with Gasteiger partial charge in [0.2, 0.25) is 0 Å². The molecule has 0 rings (SSSR count). The van der Waals surface area contributed by atoms with Crippen molar-refractivity contribution < 1.29 is 4.74 Å². The summed E-state index contributed by atoms with van der Waals surface area (Å²) in [5, 5.41) is 3.26. The summed E-state index contributed by atoms with van der Waals surface area (Å²) in [6.07, 6.45) is 0. The van der Waals surface area contributed by atoms with Crippen molar-refractivity contribution in [2.75, 3.05) is 26.8 Å². The molecule has 3 heteroatoms. The van der Waals surface area contributed by atoms with Gasteiger partial charge >= 0.3 is 0 Å². The van der Waals surface area contributed by atoms with Crippen LogP contribution >= 0.6 is 0 Å². The molecule has 0 spiro atoms. The lowest BCUT2D eigenvalue weighted by Crippen LogP contribution is -2.46. The van der Waals surface area contributed by atoms with Crippen LogP contribution in [0.2, 0.25) is 0 Å². The topological polar surface area (TPSA) is 47.3 Å². The average molecular weight is 146 g/mol. The van der Waals surface area contributed by atoms with Gasteiger partial charge in [-0.05, 0) is 13.8 Å². The maximum atomic E-state index is 5.49. The minimum atomic E-state index is 0.0402. The third-order valence-electron chi connectivity index (χ3n) is 1.42. The molecule has 0 saturated heterocycles. The summed E-state index contributed by atoms with van der Waals surface area (Å²) in [4.78, 5) is 0. The lowest BCUT2D eigenvalue weighted by atomic mass is 10.1. The van der Waals surface area contributed by atoms with E-state index in [-0.39, 0.29) is 5.54 Å². The van der Waals surface area contributed by atoms with E-state index in [0.29, 0.717) is 6.54 Å². The smallest absolute Gasteiger partial charge is 0.0587 e. The van der Waals surface area contributed by atoms with Gasteiger partial charge in [0.15, 0.2) is 0 Å². The third kappa shape index (κ3) is 4.73. The van der Waals surface area contributed by atoms with Crippen molar-refractivity contribution in [2.24, 2.45) is 5.73 Å². The van der Waals surface area contributed by atoms with Gasteiger partial charge in [0.05, 0.1) is 6.61 Å². The first-order chi connectivity index (χ1) is 4.62. The van der Waals surface area contributed by atoms with Crippen molar-refractivity contribution in [2.45, 2.75) is 19.4 Å². The summed E-state index contributed by atoms with van der Waals surface area (Å²) < 4.78 is 4.88. The molecule has 0 aromatic rings. The van der Waals surface area contributed by atoms with E-state index < -0.39 is 0 Å². The monoisotopic (exact) mass is 146 g/mol. The van der Waals surface area contributed by atoms with E-state index in [2.05, 4.69) is 19.2 Å². The van der Waals surface area contributed by atoms with Gasteiger partial charge < -0.3 is 15.8 Å². The molecule has 0 heterocycles. The lowest BCUT2D eigenvalue weighted by molar-refractivity contribution is 0.189. The fourth-order valence-electron chi connectivity index (χ4n) is 0.564. The number of rotatable bonds is 5. The summed E-state index contributed by atoms with van der Waals surface area (Å²) in [7, 11) is 1.69. The van der Waals surface area contributed by atoms with E-state index in [1.807, 2.05) is 0 Å². The van der Waals surface area contributed by atoms with Crippen molar-refractivity contribution in [1.29, 1.82) is 0 Å². The molecule has 0 unspecified atom stereocenters. The van der Waals surface area contributed by atoms with Gasteiger partial charge in [-0.25, -0.2) is 0 Å². The number of ether oxygens (including phenoxy) is 1. The Balaban J connectivity index is 3.28. The number of nitrogens with one attached hydrogen (secondary N) is 1. The molecule has 0 atom stereocenters. The Bertz CT molecular complexity index is 83.7. The maximum Gasteiger partial charge on any atom is 0.0587 e. The first kappa shape index (κ1) is 9.88. The Morgan fingerprint density at radius 3 is 2.50 bits per heavy atom. The summed E-state index contributed by atoms with van der Waals surface area (Å²) in [6, 6.07) is 0. The number of methoxy groups -OCH3 is 1. The average Bonchev–Trinajstić information content (AvgIpc) is 1.89. The van der Waals surface area contributed by atoms with Crippen LogP contribution in [-0.2, 0) is 4.74 Å². The van der Waals surface area contributed by atoms with Gasteiger partial charge in [0.25, 0.3) is 0 Å². The van der Waals surface area contributed by atoms with Crippen LogP contribution in [0.1, 0.15) is 13.8 Å². The maximum absolute atomic E-state index is 5.49. The summed E-state index contributed by atoms with van der Waals surface area (Å²) in [5.74, 6) is 0. The molecule has 0 saturated carbocycles. The van der Waals surface area contributed by atoms with Gasteiger partial charge in [-0.3, -0.25) is 0 Å². The second kappa shape index (κ2) is 4.66. The van der Waals surface area contributed by atoms with Crippen molar-refractivity contribution in [1.82, 2.24) is 5.32 Å². The first-order valence-electron chi connectivity index (χ1n) is 3.56. The molecule has 0 fully saturated rings. The fourth-order valence-corrected chi connectivity index (χ4v) is 0.564. The minimum Gasteiger partial charge on any atom is -0.383 e. The van der Waals surface area contributed by atoms with E-state index in [0.717, 1.165) is 13.2 Å². The highest BCUT2D eigenvalue weighted by atomic mass is 16.5. The largest absolute Gasteiger partial charge is 0.383 e. The molecule has 0 amide bonds. The molecule has 0 aliphatic rings. The predicted molar refractivity (Wildman–Crippen MR) is 43.0 cm³/mol. The van der Waals surface area contributed by atoms with Crippen molar-refractivity contribution >= 4 is 0 Å². The van der Waals surface area contributed by atoms with E-state index in [4.69, 9.17) is 10.5 Å². The second-order valence-corrected chi connectivity index (χ2v) is 3.01. The molecule has 0 aliphatic heterocycles. The standard InChI is InChI=1S/C7H18N2O/c1-7(2,6-8)9-4-5-10-3/h9H,4-6,8H2,1-3H3. The van der Waals surface area contributed by atoms with E-state index >= 15 is 0 Å². The van der Waals surface area contributed by atoms with Gasteiger partial charge in [0, 0.05) is 25.7 Å².